The first kappa shape index (κ1) is 21.0. The number of benzene rings is 1. The van der Waals surface area contributed by atoms with Gasteiger partial charge >= 0.3 is 6.18 Å². The van der Waals surface area contributed by atoms with Crippen LogP contribution in [0.4, 0.5) is 19.0 Å². The van der Waals surface area contributed by atoms with Crippen LogP contribution in [0.1, 0.15) is 40.1 Å². The van der Waals surface area contributed by atoms with Crippen LogP contribution in [0, 0.1) is 6.92 Å². The third-order valence-electron chi connectivity index (χ3n) is 5.77. The van der Waals surface area contributed by atoms with E-state index in [9.17, 15) is 18.0 Å². The molecule has 1 amide bonds. The van der Waals surface area contributed by atoms with Crippen molar-refractivity contribution in [3.63, 3.8) is 0 Å². The number of carbonyl (C=O) groups is 1. The lowest BCUT2D eigenvalue weighted by Gasteiger charge is -2.33. The Morgan fingerprint density at radius 2 is 1.80 bits per heavy atom. The van der Waals surface area contributed by atoms with Crippen molar-refractivity contribution in [3.05, 3.63) is 46.1 Å². The highest BCUT2D eigenvalue weighted by atomic mass is 35.5. The largest absolute Gasteiger partial charge is 0.410 e. The fraction of sp³-hybridized carbons (Fsp3) is 0.500. The fourth-order valence-corrected chi connectivity index (χ4v) is 4.16. The molecule has 2 atom stereocenters. The summed E-state index contributed by atoms with van der Waals surface area (Å²) in [7, 11) is 1.95. The highest BCUT2D eigenvalue weighted by molar-refractivity contribution is 6.36. The minimum atomic E-state index is -4.52. The van der Waals surface area contributed by atoms with Gasteiger partial charge in [-0.1, -0.05) is 41.4 Å². The third kappa shape index (κ3) is 3.88. The van der Waals surface area contributed by atoms with Crippen LogP contribution in [0.5, 0.6) is 0 Å². The predicted molar refractivity (Wildman–Crippen MR) is 108 cm³/mol. The lowest BCUT2D eigenvalue weighted by molar-refractivity contribution is -0.173. The van der Waals surface area contributed by atoms with Crippen molar-refractivity contribution in [1.29, 1.82) is 0 Å². The Balaban J connectivity index is 1.69. The number of halogens is 4. The van der Waals surface area contributed by atoms with Crippen molar-refractivity contribution >= 4 is 23.3 Å². The van der Waals surface area contributed by atoms with Gasteiger partial charge in [-0.25, -0.2) is 4.68 Å². The number of fused-ring (bicyclic) bond motifs is 1. The van der Waals surface area contributed by atoms with Gasteiger partial charge in [0.05, 0.1) is 6.04 Å². The molecule has 1 fully saturated rings. The zero-order valence-corrected chi connectivity index (χ0v) is 17.5. The molecule has 2 aliphatic rings. The number of hydrogen-bond donors (Lipinski definition) is 1. The van der Waals surface area contributed by atoms with E-state index < -0.39 is 24.2 Å². The molecule has 6 nitrogen and oxygen atoms in total. The summed E-state index contributed by atoms with van der Waals surface area (Å²) >= 11 is 6.41. The summed E-state index contributed by atoms with van der Waals surface area (Å²) in [6.07, 6.45) is -4.76. The molecule has 0 aliphatic carbocycles. The predicted octanol–water partition coefficient (Wildman–Crippen LogP) is 3.89. The number of aromatic nitrogens is 2. The van der Waals surface area contributed by atoms with Gasteiger partial charge in [0.15, 0.2) is 11.7 Å². The van der Waals surface area contributed by atoms with Crippen LogP contribution >= 0.6 is 11.6 Å². The van der Waals surface area contributed by atoms with E-state index in [2.05, 4.69) is 15.3 Å². The summed E-state index contributed by atoms with van der Waals surface area (Å²) < 4.78 is 42.5. The van der Waals surface area contributed by atoms with E-state index >= 15 is 0 Å². The van der Waals surface area contributed by atoms with E-state index in [1.165, 1.54) is 0 Å². The van der Waals surface area contributed by atoms with Gasteiger partial charge in [-0.15, -0.1) is 0 Å². The van der Waals surface area contributed by atoms with E-state index in [0.29, 0.717) is 26.2 Å². The SMILES string of the molecule is Cc1ccc(C2CC(C(F)(F)F)n3nc(C(=O)N4CCN(C)CC4)c(Cl)c3N2)cc1. The molecule has 1 N–H and O–H groups in total. The van der Waals surface area contributed by atoms with Crippen molar-refractivity contribution in [2.45, 2.75) is 31.6 Å². The second kappa shape index (κ2) is 7.77. The molecule has 2 aromatic rings. The first-order valence-electron chi connectivity index (χ1n) is 9.81. The Bertz CT molecular complexity index is 935. The Labute approximate surface area is 177 Å². The maximum absolute atomic E-state index is 13.9. The highest BCUT2D eigenvalue weighted by Crippen LogP contribution is 2.46. The van der Waals surface area contributed by atoms with Crippen molar-refractivity contribution < 1.29 is 18.0 Å². The average molecular weight is 442 g/mol. The average Bonchev–Trinajstić information content (AvgIpc) is 3.04. The molecule has 0 saturated carbocycles. The van der Waals surface area contributed by atoms with Crippen LogP contribution < -0.4 is 5.32 Å². The molecule has 1 saturated heterocycles. The van der Waals surface area contributed by atoms with Crippen LogP contribution in [-0.2, 0) is 0 Å². The Hall–Kier alpha value is -2.26. The molecule has 3 heterocycles. The van der Waals surface area contributed by atoms with Crippen LogP contribution in [-0.4, -0.2) is 64.9 Å². The molecule has 162 valence electrons. The normalized spacial score (nSPS) is 22.5. The first-order chi connectivity index (χ1) is 14.1. The number of nitrogens with one attached hydrogen (secondary N) is 1. The van der Waals surface area contributed by atoms with Crippen molar-refractivity contribution in [1.82, 2.24) is 19.6 Å². The third-order valence-corrected chi connectivity index (χ3v) is 6.13. The zero-order chi connectivity index (χ0) is 21.6. The van der Waals surface area contributed by atoms with Gasteiger partial charge in [0, 0.05) is 32.6 Å². The number of aryl methyl sites for hydroxylation is 1. The van der Waals surface area contributed by atoms with E-state index in [-0.39, 0.29) is 23.0 Å². The summed E-state index contributed by atoms with van der Waals surface area (Å²) in [4.78, 5) is 16.6. The minimum Gasteiger partial charge on any atom is -0.362 e. The van der Waals surface area contributed by atoms with Gasteiger partial charge in [0.1, 0.15) is 10.8 Å². The zero-order valence-electron chi connectivity index (χ0n) is 16.7. The van der Waals surface area contributed by atoms with Crippen molar-refractivity contribution in [2.75, 3.05) is 38.5 Å². The van der Waals surface area contributed by atoms with E-state index in [1.54, 1.807) is 17.0 Å². The number of carbonyl (C=O) groups excluding carboxylic acids is 1. The number of alkyl halides is 3. The number of nitrogens with zero attached hydrogens (tertiary/aromatic N) is 4. The molecule has 2 aliphatic heterocycles. The summed E-state index contributed by atoms with van der Waals surface area (Å²) in [5.41, 5.74) is 1.61. The molecule has 1 aromatic heterocycles. The number of piperazine rings is 1. The quantitative estimate of drug-likeness (QED) is 0.768. The molecular formula is C20H23ClF3N5O. The Kier molecular flexibility index (Phi) is 5.44. The standard InChI is InChI=1S/C20H23ClF3N5O/c1-12-3-5-13(6-4-12)14-11-15(20(22,23)24)29-18(25-14)16(21)17(26-29)19(30)28-9-7-27(2)8-10-28/h3-6,14-15,25H,7-11H2,1-2H3. The van der Waals surface area contributed by atoms with Gasteiger partial charge < -0.3 is 15.1 Å². The number of amides is 1. The second-order valence-electron chi connectivity index (χ2n) is 7.95. The van der Waals surface area contributed by atoms with Crippen LogP contribution in [0.15, 0.2) is 24.3 Å². The smallest absolute Gasteiger partial charge is 0.362 e. The van der Waals surface area contributed by atoms with Crippen molar-refractivity contribution in [2.24, 2.45) is 0 Å². The fourth-order valence-electron chi connectivity index (χ4n) is 3.90. The Morgan fingerprint density at radius 3 is 2.40 bits per heavy atom. The van der Waals surface area contributed by atoms with Gasteiger partial charge in [0.2, 0.25) is 0 Å². The van der Waals surface area contributed by atoms with E-state index in [1.807, 2.05) is 26.1 Å². The van der Waals surface area contributed by atoms with Gasteiger partial charge in [0.25, 0.3) is 5.91 Å². The van der Waals surface area contributed by atoms with Gasteiger partial charge in [-0.2, -0.15) is 18.3 Å². The monoisotopic (exact) mass is 441 g/mol. The lowest BCUT2D eigenvalue weighted by Crippen LogP contribution is -2.47. The molecule has 1 aromatic carbocycles. The second-order valence-corrected chi connectivity index (χ2v) is 8.33. The molecular weight excluding hydrogens is 419 g/mol. The number of hydrogen-bond acceptors (Lipinski definition) is 4. The minimum absolute atomic E-state index is 0.0355. The number of anilines is 1. The first-order valence-corrected chi connectivity index (χ1v) is 10.2. The molecule has 0 radical (unpaired) electrons. The summed E-state index contributed by atoms with van der Waals surface area (Å²) in [6, 6.07) is 4.86. The van der Waals surface area contributed by atoms with Crippen molar-refractivity contribution in [3.8, 4) is 0 Å². The van der Waals surface area contributed by atoms with Crippen LogP contribution in [0.25, 0.3) is 0 Å². The van der Waals surface area contributed by atoms with Crippen LogP contribution in [0.2, 0.25) is 5.02 Å². The number of rotatable bonds is 2. The molecule has 0 bridgehead atoms. The summed E-state index contributed by atoms with van der Waals surface area (Å²) in [6.45, 7) is 4.26. The van der Waals surface area contributed by atoms with Crippen LogP contribution in [0.3, 0.4) is 0 Å². The molecule has 10 heteroatoms. The number of likely N-dealkylation sites (N-methyl/N-ethyl adjacent to an activating group) is 1. The Morgan fingerprint density at radius 1 is 1.17 bits per heavy atom. The maximum Gasteiger partial charge on any atom is 0.410 e. The topological polar surface area (TPSA) is 53.4 Å². The summed E-state index contributed by atoms with van der Waals surface area (Å²) in [5, 5.41) is 7.05. The maximum atomic E-state index is 13.9. The van der Waals surface area contributed by atoms with Gasteiger partial charge in [-0.05, 0) is 19.5 Å². The lowest BCUT2D eigenvalue weighted by atomic mass is 9.96. The molecule has 4 rings (SSSR count). The van der Waals surface area contributed by atoms with Gasteiger partial charge in [-0.3, -0.25) is 4.79 Å². The van der Waals surface area contributed by atoms with E-state index in [4.69, 9.17) is 11.6 Å². The molecule has 0 spiro atoms. The molecule has 30 heavy (non-hydrogen) atoms. The highest BCUT2D eigenvalue weighted by Gasteiger charge is 2.48. The summed E-state index contributed by atoms with van der Waals surface area (Å²) in [5.74, 6) is -0.405. The van der Waals surface area contributed by atoms with E-state index in [0.717, 1.165) is 15.8 Å². The molecule has 2 unspecified atom stereocenters.